The predicted molar refractivity (Wildman–Crippen MR) is 126 cm³/mol. The molecule has 4 N–H and O–H groups in total. The molecule has 3 aliphatic rings. The van der Waals surface area contributed by atoms with E-state index in [0.717, 1.165) is 6.07 Å². The van der Waals surface area contributed by atoms with Crippen LogP contribution in [0.4, 0.5) is 0 Å². The van der Waals surface area contributed by atoms with Crippen LogP contribution in [0.1, 0.15) is 36.5 Å². The van der Waals surface area contributed by atoms with E-state index in [0.29, 0.717) is 0 Å². The van der Waals surface area contributed by atoms with Gasteiger partial charge in [-0.15, -0.1) is 0 Å². The Bertz CT molecular complexity index is 1460. The molecule has 0 bridgehead atoms. The summed E-state index contributed by atoms with van der Waals surface area (Å²) < 4.78 is 11.6. The van der Waals surface area contributed by atoms with Crippen LogP contribution in [0, 0.1) is 17.8 Å². The van der Waals surface area contributed by atoms with Crippen molar-refractivity contribution in [2.24, 2.45) is 17.8 Å². The van der Waals surface area contributed by atoms with Crippen molar-refractivity contribution in [1.82, 2.24) is 0 Å². The van der Waals surface area contributed by atoms with Crippen molar-refractivity contribution in [3.63, 3.8) is 0 Å². The zero-order chi connectivity index (χ0) is 28.2. The summed E-state index contributed by atoms with van der Waals surface area (Å²) in [6.07, 6.45) is -3.62. The number of aromatic hydroxyl groups is 4. The molecule has 202 valence electrons. The van der Waals surface area contributed by atoms with E-state index in [2.05, 4.69) is 0 Å². The first-order valence-corrected chi connectivity index (χ1v) is 12.1. The van der Waals surface area contributed by atoms with Crippen molar-refractivity contribution in [2.45, 2.75) is 37.9 Å². The molecule has 5 atom stereocenters. The highest BCUT2D eigenvalue weighted by Gasteiger charge is 2.51. The fourth-order valence-electron chi connectivity index (χ4n) is 5.42. The standard InChI is InChI=1S/C27H22O12/c28-13-7-16(30)14-9-21(26(38-20(14)8-13)10-1-2-15(29)17(31)4-10)39-27(37)12-3-11-5-19(33)24(35)25(36)22(11)23(34)18(32)6-12/h1-2,4,7-8,11-12,21-22,26,28-31H,3,5-6,9H2/t11?,12?,21-,22?,26-/m1/s1. The maximum atomic E-state index is 13.4. The lowest BCUT2D eigenvalue weighted by Crippen LogP contribution is -2.46. The third kappa shape index (κ3) is 4.58. The molecule has 2 aromatic rings. The first-order chi connectivity index (χ1) is 18.4. The van der Waals surface area contributed by atoms with Gasteiger partial charge in [-0.3, -0.25) is 28.8 Å². The normalized spacial score (nSPS) is 26.8. The molecule has 2 fully saturated rings. The van der Waals surface area contributed by atoms with E-state index in [1.165, 1.54) is 24.3 Å². The molecule has 0 amide bonds. The van der Waals surface area contributed by atoms with Crippen molar-refractivity contribution in [2.75, 3.05) is 0 Å². The van der Waals surface area contributed by atoms with Gasteiger partial charge in [-0.25, -0.2) is 0 Å². The molecule has 1 aliphatic heterocycles. The van der Waals surface area contributed by atoms with E-state index in [1.807, 2.05) is 0 Å². The second kappa shape index (κ2) is 9.53. The summed E-state index contributed by atoms with van der Waals surface area (Å²) in [6, 6.07) is 6.10. The fraction of sp³-hybridized carbons (Fsp3) is 0.333. The molecule has 12 nitrogen and oxygen atoms in total. The smallest absolute Gasteiger partial charge is 0.309 e. The first-order valence-electron chi connectivity index (χ1n) is 12.1. The number of hydrogen-bond acceptors (Lipinski definition) is 12. The lowest BCUT2D eigenvalue weighted by Gasteiger charge is -2.35. The molecule has 1 heterocycles. The summed E-state index contributed by atoms with van der Waals surface area (Å²) in [5.41, 5.74) is 0.477. The van der Waals surface area contributed by atoms with Gasteiger partial charge in [0.05, 0.1) is 11.8 Å². The molecule has 2 aliphatic carbocycles. The monoisotopic (exact) mass is 538 g/mol. The Morgan fingerprint density at radius 1 is 0.821 bits per heavy atom. The van der Waals surface area contributed by atoms with Crippen LogP contribution in [-0.4, -0.2) is 61.4 Å². The Labute approximate surface area is 219 Å². The molecule has 0 aromatic heterocycles. The third-order valence-electron chi connectivity index (χ3n) is 7.35. The van der Waals surface area contributed by atoms with Gasteiger partial charge in [-0.2, -0.15) is 0 Å². The van der Waals surface area contributed by atoms with Crippen LogP contribution >= 0.6 is 0 Å². The van der Waals surface area contributed by atoms with Gasteiger partial charge in [0.15, 0.2) is 23.4 Å². The number of esters is 1. The number of hydrogen-bond donors (Lipinski definition) is 4. The highest BCUT2D eigenvalue weighted by atomic mass is 16.6. The van der Waals surface area contributed by atoms with E-state index in [-0.39, 0.29) is 41.2 Å². The summed E-state index contributed by atoms with van der Waals surface area (Å²) in [6.45, 7) is 0. The van der Waals surface area contributed by atoms with Gasteiger partial charge in [0.2, 0.25) is 17.3 Å². The second-order valence-corrected chi connectivity index (χ2v) is 9.89. The Balaban J connectivity index is 1.45. The fourth-order valence-corrected chi connectivity index (χ4v) is 5.42. The summed E-state index contributed by atoms with van der Waals surface area (Å²) in [4.78, 5) is 74.7. The summed E-state index contributed by atoms with van der Waals surface area (Å²) in [5, 5.41) is 39.9. The van der Waals surface area contributed by atoms with E-state index in [9.17, 15) is 49.2 Å². The maximum Gasteiger partial charge on any atom is 0.309 e. The Hall–Kier alpha value is -4.74. The third-order valence-corrected chi connectivity index (χ3v) is 7.35. The lowest BCUT2D eigenvalue weighted by atomic mass is 9.73. The van der Waals surface area contributed by atoms with Crippen LogP contribution in [0.25, 0.3) is 0 Å². The van der Waals surface area contributed by atoms with Gasteiger partial charge in [0.1, 0.15) is 23.4 Å². The molecule has 3 unspecified atom stereocenters. The number of benzene rings is 2. The topological polar surface area (TPSA) is 202 Å². The van der Waals surface area contributed by atoms with E-state index in [1.54, 1.807) is 0 Å². The van der Waals surface area contributed by atoms with E-state index >= 15 is 0 Å². The molecule has 0 spiro atoms. The highest BCUT2D eigenvalue weighted by Crippen LogP contribution is 2.44. The zero-order valence-corrected chi connectivity index (χ0v) is 20.2. The zero-order valence-electron chi connectivity index (χ0n) is 20.2. The molecular formula is C27H22O12. The number of phenolic OH excluding ortho intramolecular Hbond substituents is 4. The second-order valence-electron chi connectivity index (χ2n) is 9.89. The van der Waals surface area contributed by atoms with Gasteiger partial charge in [0, 0.05) is 42.5 Å². The van der Waals surface area contributed by atoms with Crippen LogP contribution in [0.15, 0.2) is 30.3 Å². The number of phenols is 4. The van der Waals surface area contributed by atoms with E-state index in [4.69, 9.17) is 9.47 Å². The summed E-state index contributed by atoms with van der Waals surface area (Å²) in [5.74, 6) is -11.9. The summed E-state index contributed by atoms with van der Waals surface area (Å²) in [7, 11) is 0. The maximum absolute atomic E-state index is 13.4. The van der Waals surface area contributed by atoms with Crippen molar-refractivity contribution in [3.8, 4) is 28.7 Å². The number of carbonyl (C=O) groups excluding carboxylic acids is 6. The lowest BCUT2D eigenvalue weighted by molar-refractivity contribution is -0.162. The van der Waals surface area contributed by atoms with Gasteiger partial charge in [0.25, 0.3) is 5.78 Å². The number of carbonyl (C=O) groups is 6. The molecule has 0 saturated heterocycles. The number of rotatable bonds is 3. The largest absolute Gasteiger partial charge is 0.508 e. The Morgan fingerprint density at radius 2 is 1.56 bits per heavy atom. The molecule has 2 aromatic carbocycles. The van der Waals surface area contributed by atoms with Gasteiger partial charge >= 0.3 is 5.97 Å². The minimum absolute atomic E-state index is 0.0827. The van der Waals surface area contributed by atoms with Crippen molar-refractivity contribution < 1.29 is 58.7 Å². The van der Waals surface area contributed by atoms with Crippen molar-refractivity contribution in [3.05, 3.63) is 41.5 Å². The van der Waals surface area contributed by atoms with Crippen LogP contribution in [0.5, 0.6) is 28.7 Å². The van der Waals surface area contributed by atoms with Crippen molar-refractivity contribution >= 4 is 34.9 Å². The number of ketones is 5. The molecule has 39 heavy (non-hydrogen) atoms. The molecule has 0 radical (unpaired) electrons. The highest BCUT2D eigenvalue weighted by molar-refractivity contribution is 6.68. The predicted octanol–water partition coefficient (Wildman–Crippen LogP) is 0.989. The first kappa shape index (κ1) is 25.9. The Morgan fingerprint density at radius 3 is 2.28 bits per heavy atom. The number of Topliss-reactive ketones (excluding diaryl/α,β-unsaturated/α-hetero) is 5. The molecule has 2 saturated carbocycles. The number of ether oxygens (including phenoxy) is 2. The quantitative estimate of drug-likeness (QED) is 0.187. The van der Waals surface area contributed by atoms with Crippen LogP contribution < -0.4 is 4.74 Å². The summed E-state index contributed by atoms with van der Waals surface area (Å²) >= 11 is 0. The van der Waals surface area contributed by atoms with Gasteiger partial charge < -0.3 is 29.9 Å². The SMILES string of the molecule is O=C1CC2CC(C(=O)O[C@@H]3Cc4c(O)cc(O)cc4O[C@@H]3c3ccc(O)c(O)c3)CC(=O)C(=O)C2C(=O)C1=O. The van der Waals surface area contributed by atoms with Crippen LogP contribution in [-0.2, 0) is 39.9 Å². The number of fused-ring (bicyclic) bond motifs is 2. The average molecular weight is 538 g/mol. The average Bonchev–Trinajstić information content (AvgIpc) is 3.00. The van der Waals surface area contributed by atoms with Crippen molar-refractivity contribution in [1.29, 1.82) is 0 Å². The molecule has 5 rings (SSSR count). The van der Waals surface area contributed by atoms with Crippen LogP contribution in [0.3, 0.4) is 0 Å². The molecular weight excluding hydrogens is 516 g/mol. The minimum atomic E-state index is -1.61. The molecule has 12 heteroatoms. The van der Waals surface area contributed by atoms with E-state index < -0.39 is 89.2 Å². The Kier molecular flexibility index (Phi) is 6.33. The van der Waals surface area contributed by atoms with Gasteiger partial charge in [-0.1, -0.05) is 6.07 Å². The van der Waals surface area contributed by atoms with Crippen LogP contribution in [0.2, 0.25) is 0 Å². The van der Waals surface area contributed by atoms with Gasteiger partial charge in [-0.05, 0) is 24.5 Å². The minimum Gasteiger partial charge on any atom is -0.508 e.